The van der Waals surface area contributed by atoms with E-state index in [1.54, 1.807) is 42.9 Å². The van der Waals surface area contributed by atoms with E-state index < -0.39 is 11.8 Å². The molecule has 5 rings (SSSR count). The Morgan fingerprint density at radius 1 is 1.00 bits per heavy atom. The Balaban J connectivity index is 1.30. The van der Waals surface area contributed by atoms with Crippen LogP contribution in [0.15, 0.2) is 90.4 Å². The summed E-state index contributed by atoms with van der Waals surface area (Å²) < 4.78 is 0. The van der Waals surface area contributed by atoms with E-state index in [0.717, 1.165) is 38.9 Å². The molecule has 7 nitrogen and oxygen atoms in total. The first-order chi connectivity index (χ1) is 17.9. The van der Waals surface area contributed by atoms with Crippen LogP contribution < -0.4 is 4.90 Å². The van der Waals surface area contributed by atoms with E-state index >= 15 is 0 Å². The van der Waals surface area contributed by atoms with Gasteiger partial charge < -0.3 is 0 Å². The number of aryl methyl sites for hydroxylation is 1. The minimum absolute atomic E-state index is 0.0774. The molecule has 0 bridgehead atoms. The molecule has 2 aromatic carbocycles. The molecular weight excluding hydrogens is 488 g/mol. The largest absolute Gasteiger partial charge is 0.294 e. The first kappa shape index (κ1) is 24.2. The van der Waals surface area contributed by atoms with Crippen LogP contribution in [0.25, 0.3) is 11.3 Å². The van der Waals surface area contributed by atoms with Crippen molar-refractivity contribution in [3.05, 3.63) is 118 Å². The lowest BCUT2D eigenvalue weighted by Gasteiger charge is -2.14. The van der Waals surface area contributed by atoms with Crippen molar-refractivity contribution in [2.24, 2.45) is 0 Å². The van der Waals surface area contributed by atoms with Crippen LogP contribution in [0.1, 0.15) is 32.9 Å². The lowest BCUT2D eigenvalue weighted by atomic mass is 9.97. The Labute approximate surface area is 218 Å². The van der Waals surface area contributed by atoms with Gasteiger partial charge in [-0.15, -0.1) is 0 Å². The van der Waals surface area contributed by atoms with Gasteiger partial charge in [-0.1, -0.05) is 29.8 Å². The number of rotatable bonds is 7. The Morgan fingerprint density at radius 3 is 2.51 bits per heavy atom. The van der Waals surface area contributed by atoms with Crippen LogP contribution in [-0.2, 0) is 22.4 Å². The SMILES string of the molecule is Cc1ccc(CC(=O)c2ccc(N3C(=O)C=C(Cl)C3=O)cc2)cc1Cc1nccc(-c2cccnc2)n1. The Bertz CT molecular complexity index is 1550. The molecule has 0 atom stereocenters. The maximum absolute atomic E-state index is 13.0. The number of carbonyl (C=O) groups is 3. The maximum atomic E-state index is 13.0. The number of halogens is 1. The van der Waals surface area contributed by atoms with Crippen LogP contribution in [0.4, 0.5) is 5.69 Å². The van der Waals surface area contributed by atoms with Crippen molar-refractivity contribution < 1.29 is 14.4 Å². The number of ketones is 1. The molecule has 4 aromatic rings. The highest BCUT2D eigenvalue weighted by atomic mass is 35.5. The van der Waals surface area contributed by atoms with Gasteiger partial charge in [0.2, 0.25) is 0 Å². The van der Waals surface area contributed by atoms with Crippen molar-refractivity contribution >= 4 is 34.9 Å². The highest BCUT2D eigenvalue weighted by Crippen LogP contribution is 2.25. The topological polar surface area (TPSA) is 93.1 Å². The molecule has 0 saturated carbocycles. The Hall–Kier alpha value is -4.49. The molecular formula is C29H21ClN4O3. The summed E-state index contributed by atoms with van der Waals surface area (Å²) >= 11 is 5.77. The van der Waals surface area contributed by atoms with Crippen molar-refractivity contribution in [2.75, 3.05) is 4.90 Å². The van der Waals surface area contributed by atoms with Crippen LogP contribution in [0.3, 0.4) is 0 Å². The van der Waals surface area contributed by atoms with Crippen LogP contribution in [0, 0.1) is 6.92 Å². The zero-order valence-electron chi connectivity index (χ0n) is 19.9. The molecule has 0 fully saturated rings. The first-order valence-electron chi connectivity index (χ1n) is 11.6. The van der Waals surface area contributed by atoms with Gasteiger partial charge in [0.1, 0.15) is 10.9 Å². The predicted molar refractivity (Wildman–Crippen MR) is 140 cm³/mol. The summed E-state index contributed by atoms with van der Waals surface area (Å²) in [7, 11) is 0. The lowest BCUT2D eigenvalue weighted by Crippen LogP contribution is -2.30. The highest BCUT2D eigenvalue weighted by Gasteiger charge is 2.31. The van der Waals surface area contributed by atoms with Crippen molar-refractivity contribution in [2.45, 2.75) is 19.8 Å². The number of benzene rings is 2. The molecule has 37 heavy (non-hydrogen) atoms. The number of anilines is 1. The summed E-state index contributed by atoms with van der Waals surface area (Å²) in [6.45, 7) is 2.02. The van der Waals surface area contributed by atoms with Crippen LogP contribution in [0.5, 0.6) is 0 Å². The van der Waals surface area contributed by atoms with Gasteiger partial charge in [0, 0.05) is 48.6 Å². The third kappa shape index (κ3) is 5.22. The van der Waals surface area contributed by atoms with E-state index in [4.69, 9.17) is 16.6 Å². The number of Topliss-reactive ketones (excluding diaryl/α,β-unsaturated/α-hetero) is 1. The van der Waals surface area contributed by atoms with Crippen molar-refractivity contribution in [1.82, 2.24) is 15.0 Å². The number of amides is 2. The summed E-state index contributed by atoms with van der Waals surface area (Å²) in [5.41, 5.74) is 5.58. The molecule has 2 aromatic heterocycles. The summed E-state index contributed by atoms with van der Waals surface area (Å²) in [4.78, 5) is 51.3. The number of carbonyl (C=O) groups excluding carboxylic acids is 3. The smallest absolute Gasteiger partial charge is 0.277 e. The van der Waals surface area contributed by atoms with Crippen molar-refractivity contribution in [3.8, 4) is 11.3 Å². The third-order valence-corrected chi connectivity index (χ3v) is 6.39. The molecule has 0 aliphatic carbocycles. The van der Waals surface area contributed by atoms with Crippen molar-refractivity contribution in [3.63, 3.8) is 0 Å². The average molecular weight is 509 g/mol. The molecule has 182 valence electrons. The van der Waals surface area contributed by atoms with Gasteiger partial charge in [-0.2, -0.15) is 0 Å². The molecule has 2 amide bonds. The van der Waals surface area contributed by atoms with Gasteiger partial charge in [-0.05, 0) is 66.1 Å². The van der Waals surface area contributed by atoms with E-state index in [2.05, 4.69) is 9.97 Å². The van der Waals surface area contributed by atoms with Gasteiger partial charge >= 0.3 is 0 Å². The molecule has 0 spiro atoms. The molecule has 0 N–H and O–H groups in total. The van der Waals surface area contributed by atoms with Gasteiger partial charge in [-0.3, -0.25) is 19.4 Å². The zero-order valence-corrected chi connectivity index (χ0v) is 20.6. The number of hydrogen-bond acceptors (Lipinski definition) is 6. The van der Waals surface area contributed by atoms with Crippen LogP contribution in [-0.4, -0.2) is 32.5 Å². The third-order valence-electron chi connectivity index (χ3n) is 6.12. The fourth-order valence-corrected chi connectivity index (χ4v) is 4.30. The summed E-state index contributed by atoms with van der Waals surface area (Å²) in [6.07, 6.45) is 7.05. The molecule has 1 aliphatic rings. The molecule has 0 unspecified atom stereocenters. The minimum Gasteiger partial charge on any atom is -0.294 e. The summed E-state index contributed by atoms with van der Waals surface area (Å²) in [6, 6.07) is 18.0. The van der Waals surface area contributed by atoms with Gasteiger partial charge in [0.15, 0.2) is 5.78 Å². The van der Waals surface area contributed by atoms with Crippen LogP contribution >= 0.6 is 11.6 Å². The number of aromatic nitrogens is 3. The Kier molecular flexibility index (Phi) is 6.70. The standard InChI is InChI=1S/C29H21ClN4O3/c1-18-4-5-19(13-22(18)15-27-32-12-10-25(33-27)21-3-2-11-31-17-21)14-26(35)20-6-8-23(9-7-20)34-28(36)16-24(30)29(34)37/h2-13,16-17H,14-15H2,1H3. The molecule has 3 heterocycles. The maximum Gasteiger partial charge on any atom is 0.277 e. The van der Waals surface area contributed by atoms with E-state index in [-0.39, 0.29) is 17.2 Å². The van der Waals surface area contributed by atoms with E-state index in [1.807, 2.05) is 43.3 Å². The second kappa shape index (κ2) is 10.2. The van der Waals surface area contributed by atoms with E-state index in [9.17, 15) is 14.4 Å². The molecule has 1 aliphatic heterocycles. The second-order valence-corrected chi connectivity index (χ2v) is 9.06. The molecule has 8 heteroatoms. The fraction of sp³-hybridized carbons (Fsp3) is 0.103. The first-order valence-corrected chi connectivity index (χ1v) is 12.0. The normalized spacial score (nSPS) is 13.1. The van der Waals surface area contributed by atoms with Crippen molar-refractivity contribution in [1.29, 1.82) is 0 Å². The predicted octanol–water partition coefficient (Wildman–Crippen LogP) is 4.86. The van der Waals surface area contributed by atoms with Gasteiger partial charge in [-0.25, -0.2) is 14.9 Å². The zero-order chi connectivity index (χ0) is 25.9. The fourth-order valence-electron chi connectivity index (χ4n) is 4.12. The quantitative estimate of drug-likeness (QED) is 0.261. The summed E-state index contributed by atoms with van der Waals surface area (Å²) in [5, 5.41) is -0.130. The lowest BCUT2D eigenvalue weighted by molar-refractivity contribution is -0.120. The van der Waals surface area contributed by atoms with E-state index in [1.165, 1.54) is 0 Å². The van der Waals surface area contributed by atoms with Gasteiger partial charge in [0.05, 0.1) is 11.4 Å². The van der Waals surface area contributed by atoms with Crippen LogP contribution in [0.2, 0.25) is 0 Å². The average Bonchev–Trinajstić information content (AvgIpc) is 3.17. The molecule has 0 radical (unpaired) electrons. The monoisotopic (exact) mass is 508 g/mol. The number of nitrogens with zero attached hydrogens (tertiary/aromatic N) is 4. The second-order valence-electron chi connectivity index (χ2n) is 8.66. The minimum atomic E-state index is -0.576. The number of hydrogen-bond donors (Lipinski definition) is 0. The highest BCUT2D eigenvalue weighted by molar-refractivity contribution is 6.51. The van der Waals surface area contributed by atoms with E-state index in [0.29, 0.717) is 23.5 Å². The number of pyridine rings is 1. The molecule has 0 saturated heterocycles. The van der Waals surface area contributed by atoms with Gasteiger partial charge in [0.25, 0.3) is 11.8 Å². The summed E-state index contributed by atoms with van der Waals surface area (Å²) in [5.74, 6) is -0.473. The Morgan fingerprint density at radius 2 is 1.81 bits per heavy atom. The number of imide groups is 1.